The lowest BCUT2D eigenvalue weighted by Gasteiger charge is -2.26. The average Bonchev–Trinajstić information content (AvgIpc) is 2.45. The number of rotatable bonds is 4. The van der Waals surface area contributed by atoms with Crippen LogP contribution in [0.25, 0.3) is 6.08 Å². The molecule has 4 nitrogen and oxygen atoms in total. The fourth-order valence-corrected chi connectivity index (χ4v) is 2.06. The molecule has 1 aliphatic rings. The first kappa shape index (κ1) is 14.8. The molecule has 0 spiro atoms. The van der Waals surface area contributed by atoms with Crippen LogP contribution < -0.4 is 5.48 Å². The molecule has 1 amide bonds. The minimum absolute atomic E-state index is 0.189. The molecule has 1 saturated heterocycles. The van der Waals surface area contributed by atoms with E-state index in [9.17, 15) is 4.79 Å². The van der Waals surface area contributed by atoms with Crippen molar-refractivity contribution in [3.63, 3.8) is 0 Å². The molecule has 0 radical (unpaired) electrons. The maximum absolute atomic E-state index is 11.6. The van der Waals surface area contributed by atoms with E-state index in [-0.39, 0.29) is 18.3 Å². The Hall–Kier alpha value is -1.65. The lowest BCUT2D eigenvalue weighted by atomic mass is 10.1. The highest BCUT2D eigenvalue weighted by molar-refractivity contribution is 5.90. The molecule has 2 atom stereocenters. The lowest BCUT2D eigenvalue weighted by molar-refractivity contribution is -0.217. The number of aryl methyl sites for hydroxylation is 1. The highest BCUT2D eigenvalue weighted by atomic mass is 16.8. The van der Waals surface area contributed by atoms with Crippen molar-refractivity contribution >= 4 is 12.0 Å². The summed E-state index contributed by atoms with van der Waals surface area (Å²) < 4.78 is 5.55. The van der Waals surface area contributed by atoms with E-state index in [1.54, 1.807) is 6.08 Å². The first-order valence-corrected chi connectivity index (χ1v) is 6.99. The second-order valence-corrected chi connectivity index (χ2v) is 5.14. The van der Waals surface area contributed by atoms with E-state index in [1.165, 1.54) is 11.6 Å². The summed E-state index contributed by atoms with van der Waals surface area (Å²) in [6, 6.07) is 7.94. The van der Waals surface area contributed by atoms with E-state index in [0.717, 1.165) is 24.8 Å². The van der Waals surface area contributed by atoms with Gasteiger partial charge in [-0.1, -0.05) is 29.8 Å². The molecule has 1 fully saturated rings. The monoisotopic (exact) mass is 275 g/mol. The predicted octanol–water partition coefficient (Wildman–Crippen LogP) is 2.97. The summed E-state index contributed by atoms with van der Waals surface area (Å²) in [5.74, 6) is -0.285. The Labute approximate surface area is 119 Å². The summed E-state index contributed by atoms with van der Waals surface area (Å²) in [6.45, 7) is 4.04. The van der Waals surface area contributed by atoms with Crippen LogP contribution in [-0.4, -0.2) is 18.3 Å². The molecule has 0 saturated carbocycles. The van der Waals surface area contributed by atoms with E-state index in [1.807, 2.05) is 38.1 Å². The average molecular weight is 275 g/mol. The largest absolute Gasteiger partial charge is 0.347 e. The number of hydroxylamine groups is 1. The second kappa shape index (κ2) is 7.22. The molecule has 2 rings (SSSR count). The van der Waals surface area contributed by atoms with Gasteiger partial charge in [0, 0.05) is 12.5 Å². The Morgan fingerprint density at radius 3 is 2.80 bits per heavy atom. The second-order valence-electron chi connectivity index (χ2n) is 5.14. The van der Waals surface area contributed by atoms with E-state index < -0.39 is 0 Å². The fourth-order valence-electron chi connectivity index (χ4n) is 2.06. The van der Waals surface area contributed by atoms with Crippen molar-refractivity contribution in [2.45, 2.75) is 45.5 Å². The Balaban J connectivity index is 1.76. The van der Waals surface area contributed by atoms with Crippen LogP contribution in [0, 0.1) is 6.92 Å². The number of carbonyl (C=O) groups is 1. The maximum Gasteiger partial charge on any atom is 0.267 e. The number of hydrogen-bond acceptors (Lipinski definition) is 3. The van der Waals surface area contributed by atoms with Crippen LogP contribution in [0.4, 0.5) is 0 Å². The first-order valence-electron chi connectivity index (χ1n) is 6.99. The molecule has 4 heteroatoms. The molecule has 0 aliphatic carbocycles. The van der Waals surface area contributed by atoms with Crippen LogP contribution in [-0.2, 0) is 14.4 Å². The van der Waals surface area contributed by atoms with Crippen LogP contribution >= 0.6 is 0 Å². The SMILES string of the molecule is Cc1ccc(/C=C/C(=O)NOC2CCC[C@H](C)O2)cc1. The van der Waals surface area contributed by atoms with Gasteiger partial charge in [0.2, 0.25) is 0 Å². The number of amides is 1. The molecule has 1 unspecified atom stereocenters. The third-order valence-corrected chi connectivity index (χ3v) is 3.23. The van der Waals surface area contributed by atoms with E-state index in [0.29, 0.717) is 0 Å². The quantitative estimate of drug-likeness (QED) is 0.679. The summed E-state index contributed by atoms with van der Waals surface area (Å²) >= 11 is 0. The van der Waals surface area contributed by atoms with Gasteiger partial charge >= 0.3 is 0 Å². The van der Waals surface area contributed by atoms with Gasteiger partial charge in [-0.2, -0.15) is 0 Å². The van der Waals surface area contributed by atoms with Gasteiger partial charge in [0.25, 0.3) is 5.91 Å². The van der Waals surface area contributed by atoms with Gasteiger partial charge < -0.3 is 4.74 Å². The van der Waals surface area contributed by atoms with Crippen LogP contribution in [0.1, 0.15) is 37.3 Å². The maximum atomic E-state index is 11.6. The van der Waals surface area contributed by atoms with Crippen LogP contribution in [0.15, 0.2) is 30.3 Å². The highest BCUT2D eigenvalue weighted by Gasteiger charge is 2.20. The van der Waals surface area contributed by atoms with E-state index in [2.05, 4.69) is 5.48 Å². The lowest BCUT2D eigenvalue weighted by Crippen LogP contribution is -2.34. The first-order chi connectivity index (χ1) is 9.63. The Morgan fingerprint density at radius 1 is 1.35 bits per heavy atom. The number of benzene rings is 1. The van der Waals surface area contributed by atoms with Crippen LogP contribution in [0.5, 0.6) is 0 Å². The number of hydrogen-bond donors (Lipinski definition) is 1. The Bertz CT molecular complexity index is 467. The molecule has 108 valence electrons. The molecule has 1 aromatic rings. The zero-order valence-corrected chi connectivity index (χ0v) is 12.0. The van der Waals surface area contributed by atoms with Crippen LogP contribution in [0.3, 0.4) is 0 Å². The van der Waals surface area contributed by atoms with E-state index in [4.69, 9.17) is 9.57 Å². The standard InChI is InChI=1S/C16H21NO3/c1-12-6-8-14(9-7-12)10-11-15(18)17-20-16-5-3-4-13(2)19-16/h6-11,13,16H,3-5H2,1-2H3,(H,17,18)/b11-10+/t13-,16?/m0/s1. The van der Waals surface area contributed by atoms with Crippen molar-refractivity contribution in [3.8, 4) is 0 Å². The molecule has 1 aliphatic heterocycles. The van der Waals surface area contributed by atoms with Gasteiger partial charge in [-0.15, -0.1) is 0 Å². The third kappa shape index (κ3) is 4.79. The van der Waals surface area contributed by atoms with Crippen molar-refractivity contribution in [2.24, 2.45) is 0 Å². The molecule has 0 aromatic heterocycles. The summed E-state index contributed by atoms with van der Waals surface area (Å²) in [7, 11) is 0. The summed E-state index contributed by atoms with van der Waals surface area (Å²) in [4.78, 5) is 16.9. The molecule has 1 heterocycles. The van der Waals surface area contributed by atoms with Crippen molar-refractivity contribution in [2.75, 3.05) is 0 Å². The molecule has 1 aromatic carbocycles. The van der Waals surface area contributed by atoms with Crippen molar-refractivity contribution < 1.29 is 14.4 Å². The van der Waals surface area contributed by atoms with Crippen molar-refractivity contribution in [3.05, 3.63) is 41.5 Å². The van der Waals surface area contributed by atoms with Crippen molar-refractivity contribution in [1.82, 2.24) is 5.48 Å². The van der Waals surface area contributed by atoms with Gasteiger partial charge in [-0.25, -0.2) is 10.3 Å². The van der Waals surface area contributed by atoms with Gasteiger partial charge in [0.05, 0.1) is 6.10 Å². The van der Waals surface area contributed by atoms with Gasteiger partial charge in [-0.3, -0.25) is 4.79 Å². The normalized spacial score (nSPS) is 22.9. The molecule has 20 heavy (non-hydrogen) atoms. The minimum Gasteiger partial charge on any atom is -0.347 e. The Morgan fingerprint density at radius 2 is 2.10 bits per heavy atom. The minimum atomic E-state index is -0.338. The molecular formula is C16H21NO3. The third-order valence-electron chi connectivity index (χ3n) is 3.23. The predicted molar refractivity (Wildman–Crippen MR) is 77.6 cm³/mol. The number of carbonyl (C=O) groups excluding carboxylic acids is 1. The fraction of sp³-hybridized carbons (Fsp3) is 0.438. The summed E-state index contributed by atoms with van der Waals surface area (Å²) in [6.07, 6.45) is 5.97. The highest BCUT2D eigenvalue weighted by Crippen LogP contribution is 2.18. The smallest absolute Gasteiger partial charge is 0.267 e. The zero-order chi connectivity index (χ0) is 14.4. The topological polar surface area (TPSA) is 47.6 Å². The summed E-state index contributed by atoms with van der Waals surface area (Å²) in [5, 5.41) is 0. The van der Waals surface area contributed by atoms with Gasteiger partial charge in [-0.05, 0) is 38.3 Å². The van der Waals surface area contributed by atoms with E-state index >= 15 is 0 Å². The number of nitrogens with one attached hydrogen (secondary N) is 1. The number of ether oxygens (including phenoxy) is 1. The summed E-state index contributed by atoms with van der Waals surface area (Å²) in [5.41, 5.74) is 4.58. The van der Waals surface area contributed by atoms with Crippen molar-refractivity contribution in [1.29, 1.82) is 0 Å². The van der Waals surface area contributed by atoms with Crippen LogP contribution in [0.2, 0.25) is 0 Å². The van der Waals surface area contributed by atoms with Gasteiger partial charge in [0.1, 0.15) is 0 Å². The zero-order valence-electron chi connectivity index (χ0n) is 12.0. The Kier molecular flexibility index (Phi) is 5.32. The molecular weight excluding hydrogens is 254 g/mol. The van der Waals surface area contributed by atoms with Gasteiger partial charge in [0.15, 0.2) is 6.29 Å². The molecule has 1 N–H and O–H groups in total. The molecule has 0 bridgehead atoms.